The fourth-order valence-electron chi connectivity index (χ4n) is 7.18. The van der Waals surface area contributed by atoms with Crippen molar-refractivity contribution in [3.63, 3.8) is 0 Å². The second kappa shape index (κ2) is 28.7. The maximum Gasteiger partial charge on any atom is 0.306 e. The summed E-state index contributed by atoms with van der Waals surface area (Å²) >= 11 is 0. The van der Waals surface area contributed by atoms with E-state index in [1.807, 2.05) is 0 Å². The molecule has 8 unspecified atom stereocenters. The van der Waals surface area contributed by atoms with Gasteiger partial charge in [-0.3, -0.25) is 9.59 Å². The van der Waals surface area contributed by atoms with E-state index < -0.39 is 24.8 Å². The van der Waals surface area contributed by atoms with Crippen molar-refractivity contribution >= 4 is 11.8 Å². The van der Waals surface area contributed by atoms with E-state index in [0.717, 1.165) is 55.8 Å². The lowest BCUT2D eigenvalue weighted by atomic mass is 9.90. The highest BCUT2D eigenvalue weighted by atomic mass is 16.6. The van der Waals surface area contributed by atoms with Gasteiger partial charge in [0.2, 0.25) is 0 Å². The summed E-state index contributed by atoms with van der Waals surface area (Å²) in [5.41, 5.74) is 0. The van der Waals surface area contributed by atoms with Crippen LogP contribution in [0.5, 0.6) is 0 Å². The van der Waals surface area contributed by atoms with Crippen LogP contribution in [0.1, 0.15) is 198 Å². The average Bonchev–Trinajstić information content (AvgIpc) is 2.99. The Morgan fingerprint density at radius 2 is 0.750 bits per heavy atom. The van der Waals surface area contributed by atoms with Crippen LogP contribution in [0.2, 0.25) is 0 Å². The van der Waals surface area contributed by atoms with Crippen LogP contribution in [0.25, 0.3) is 0 Å². The second-order valence-electron chi connectivity index (χ2n) is 17.5. The van der Waals surface area contributed by atoms with E-state index in [0.29, 0.717) is 11.8 Å². The molecule has 0 radical (unpaired) electrons. The summed E-state index contributed by atoms with van der Waals surface area (Å²) in [5.74, 6) is 4.17. The van der Waals surface area contributed by atoms with Crippen LogP contribution in [0.3, 0.4) is 0 Å². The molecule has 5 nitrogen and oxygen atoms in total. The fourth-order valence-corrected chi connectivity index (χ4v) is 7.18. The molecular formula is C43H84O5. The van der Waals surface area contributed by atoms with Crippen molar-refractivity contribution in [2.24, 2.45) is 47.3 Å². The second-order valence-corrected chi connectivity index (χ2v) is 17.5. The van der Waals surface area contributed by atoms with Gasteiger partial charge in [0.25, 0.3) is 0 Å². The Balaban J connectivity index is 4.35. The number of carbonyl (C=O) groups is 2. The highest BCUT2D eigenvalue weighted by Crippen LogP contribution is 2.25. The topological polar surface area (TPSA) is 83.8 Å². The number of carbonyl (C=O) groups excluding carboxylic acids is 2. The zero-order valence-corrected chi connectivity index (χ0v) is 33.7. The van der Waals surface area contributed by atoms with Gasteiger partial charge < -0.3 is 14.9 Å². The molecule has 0 aromatic heterocycles. The molecule has 2 N–H and O–H groups in total. The molecule has 0 aliphatic rings. The van der Waals surface area contributed by atoms with Gasteiger partial charge in [0, 0.05) is 12.8 Å². The number of rotatable bonds is 32. The number of hydrogen-bond acceptors (Lipinski definition) is 5. The Bertz CT molecular complexity index is 779. The van der Waals surface area contributed by atoms with Gasteiger partial charge in [-0.25, -0.2) is 0 Å². The molecule has 0 aromatic rings. The summed E-state index contributed by atoms with van der Waals surface area (Å²) in [7, 11) is 0. The van der Waals surface area contributed by atoms with E-state index >= 15 is 0 Å². The van der Waals surface area contributed by atoms with Gasteiger partial charge in [-0.15, -0.1) is 0 Å². The maximum atomic E-state index is 13.1. The highest BCUT2D eigenvalue weighted by molar-refractivity contribution is 5.86. The van der Waals surface area contributed by atoms with E-state index in [2.05, 4.69) is 69.2 Å². The van der Waals surface area contributed by atoms with Crippen molar-refractivity contribution in [3.8, 4) is 0 Å². The van der Waals surface area contributed by atoms with Crippen molar-refractivity contribution in [1.82, 2.24) is 0 Å². The molecule has 0 amide bonds. The largest absolute Gasteiger partial charge is 0.451 e. The molecule has 0 spiro atoms. The van der Waals surface area contributed by atoms with Gasteiger partial charge in [0.1, 0.15) is 6.10 Å². The van der Waals surface area contributed by atoms with Crippen LogP contribution < -0.4 is 0 Å². The molecular weight excluding hydrogens is 596 g/mol. The number of hydrogen-bond donors (Lipinski definition) is 2. The molecule has 0 saturated heterocycles. The Morgan fingerprint density at radius 1 is 0.458 bits per heavy atom. The third-order valence-corrected chi connectivity index (χ3v) is 10.7. The number of ether oxygens (including phenoxy) is 1. The first-order valence-corrected chi connectivity index (χ1v) is 20.6. The Hall–Kier alpha value is -0.940. The van der Waals surface area contributed by atoms with Crippen molar-refractivity contribution in [3.05, 3.63) is 0 Å². The third kappa shape index (κ3) is 26.9. The number of Topliss-reactive ketones (excluding diaryl/α,β-unsaturated/α-hetero) is 1. The van der Waals surface area contributed by atoms with E-state index in [1.54, 1.807) is 0 Å². The standard InChI is InChI=1S/C43H84O5/c1-32(2)17-11-19-34(5)21-13-23-36(7)25-15-27-38(9)29-40(45)43(41(46)31-44)48-42(47)30-39(10)28-16-26-37(8)24-14-22-35(6)20-12-18-33(3)4/h32-39,41,43-44,46H,11-31H2,1-10H3. The van der Waals surface area contributed by atoms with Crippen molar-refractivity contribution in [1.29, 1.82) is 0 Å². The zero-order valence-electron chi connectivity index (χ0n) is 33.7. The van der Waals surface area contributed by atoms with Gasteiger partial charge in [-0.1, -0.05) is 185 Å². The van der Waals surface area contributed by atoms with Crippen molar-refractivity contribution in [2.45, 2.75) is 210 Å². The van der Waals surface area contributed by atoms with Crippen LogP contribution in [-0.4, -0.2) is 40.8 Å². The normalized spacial score (nSPS) is 17.1. The van der Waals surface area contributed by atoms with E-state index in [1.165, 1.54) is 83.5 Å². The monoisotopic (exact) mass is 681 g/mol. The fraction of sp³-hybridized carbons (Fsp3) is 0.953. The summed E-state index contributed by atoms with van der Waals surface area (Å²) in [4.78, 5) is 25.9. The van der Waals surface area contributed by atoms with Crippen molar-refractivity contribution in [2.75, 3.05) is 6.61 Å². The molecule has 0 saturated carbocycles. The lowest BCUT2D eigenvalue weighted by Gasteiger charge is -2.23. The summed E-state index contributed by atoms with van der Waals surface area (Å²) in [5, 5.41) is 19.9. The van der Waals surface area contributed by atoms with Crippen molar-refractivity contribution < 1.29 is 24.5 Å². The van der Waals surface area contributed by atoms with Gasteiger partial charge in [-0.2, -0.15) is 0 Å². The summed E-state index contributed by atoms with van der Waals surface area (Å²) < 4.78 is 5.52. The SMILES string of the molecule is CC(C)CCCC(C)CCCC(C)CCCC(C)CC(=O)OC(C(=O)CC(C)CCCC(C)CCCC(C)CCCC(C)C)C(O)CO. The minimum absolute atomic E-state index is 0.145. The first kappa shape index (κ1) is 47.1. The Kier molecular flexibility index (Phi) is 28.2. The lowest BCUT2D eigenvalue weighted by Crippen LogP contribution is -2.41. The first-order valence-electron chi connectivity index (χ1n) is 20.6. The zero-order chi connectivity index (χ0) is 36.5. The van der Waals surface area contributed by atoms with E-state index in [9.17, 15) is 19.8 Å². The van der Waals surface area contributed by atoms with E-state index in [4.69, 9.17) is 4.74 Å². The predicted molar refractivity (Wildman–Crippen MR) is 205 cm³/mol. The molecule has 0 fully saturated rings. The molecule has 0 aromatic carbocycles. The molecule has 0 aliphatic carbocycles. The molecule has 5 heteroatoms. The Labute approximate surface area is 299 Å². The smallest absolute Gasteiger partial charge is 0.306 e. The van der Waals surface area contributed by atoms with Crippen LogP contribution in [0, 0.1) is 47.3 Å². The molecule has 286 valence electrons. The first-order chi connectivity index (χ1) is 22.6. The molecule has 0 aliphatic heterocycles. The van der Waals surface area contributed by atoms with Crippen LogP contribution in [-0.2, 0) is 14.3 Å². The summed E-state index contributed by atoms with van der Waals surface area (Å²) in [6, 6.07) is 0. The molecule has 0 bridgehead atoms. The van der Waals surface area contributed by atoms with Gasteiger partial charge in [0.05, 0.1) is 6.61 Å². The number of aliphatic hydroxyl groups excluding tert-OH is 2. The molecule has 0 rings (SSSR count). The minimum Gasteiger partial charge on any atom is -0.451 e. The van der Waals surface area contributed by atoms with E-state index in [-0.39, 0.29) is 30.5 Å². The lowest BCUT2D eigenvalue weighted by molar-refractivity contribution is -0.164. The van der Waals surface area contributed by atoms with Crippen LogP contribution in [0.4, 0.5) is 0 Å². The molecule has 0 heterocycles. The Morgan fingerprint density at radius 3 is 1.06 bits per heavy atom. The summed E-state index contributed by atoms with van der Waals surface area (Å²) in [6.07, 6.45) is 20.0. The number of aliphatic hydroxyl groups is 2. The van der Waals surface area contributed by atoms with Gasteiger partial charge in [-0.05, 0) is 47.3 Å². The highest BCUT2D eigenvalue weighted by Gasteiger charge is 2.31. The number of esters is 1. The molecule has 8 atom stereocenters. The number of ketones is 1. The molecule has 48 heavy (non-hydrogen) atoms. The van der Waals surface area contributed by atoms with Gasteiger partial charge in [0.15, 0.2) is 11.9 Å². The quantitative estimate of drug-likeness (QED) is 0.0691. The third-order valence-electron chi connectivity index (χ3n) is 10.7. The maximum absolute atomic E-state index is 13.1. The average molecular weight is 681 g/mol. The summed E-state index contributed by atoms with van der Waals surface area (Å²) in [6.45, 7) is 22.2. The van der Waals surface area contributed by atoms with Crippen LogP contribution in [0.15, 0.2) is 0 Å². The minimum atomic E-state index is -1.38. The van der Waals surface area contributed by atoms with Crippen LogP contribution >= 0.6 is 0 Å². The predicted octanol–water partition coefficient (Wildman–Crippen LogP) is 11.8. The van der Waals surface area contributed by atoms with Gasteiger partial charge >= 0.3 is 5.97 Å².